The van der Waals surface area contributed by atoms with Crippen LogP contribution < -0.4 is 5.32 Å². The molecule has 0 aliphatic carbocycles. The normalized spacial score (nSPS) is 11.5. The SMILES string of the molecule is C=CCOC(=O)N[C@H](Cc1cncs1)C(=O)O. The summed E-state index contributed by atoms with van der Waals surface area (Å²) in [7, 11) is 0. The monoisotopic (exact) mass is 256 g/mol. The molecule has 2 N–H and O–H groups in total. The molecule has 0 aromatic carbocycles. The molecule has 1 aromatic heterocycles. The zero-order valence-electron chi connectivity index (χ0n) is 8.96. The van der Waals surface area contributed by atoms with Gasteiger partial charge in [0.25, 0.3) is 0 Å². The number of nitrogens with one attached hydrogen (secondary N) is 1. The summed E-state index contributed by atoms with van der Waals surface area (Å²) in [6.45, 7) is 3.42. The number of nitrogens with zero attached hydrogens (tertiary/aromatic N) is 1. The summed E-state index contributed by atoms with van der Waals surface area (Å²) in [6.07, 6.45) is 2.38. The largest absolute Gasteiger partial charge is 0.480 e. The third-order valence-corrected chi connectivity index (χ3v) is 2.61. The lowest BCUT2D eigenvalue weighted by Crippen LogP contribution is -2.42. The molecular formula is C10H12N2O4S. The average Bonchev–Trinajstić information content (AvgIpc) is 2.78. The Labute approximate surface area is 102 Å². The molecule has 0 saturated carbocycles. The molecule has 0 unspecified atom stereocenters. The highest BCUT2D eigenvalue weighted by atomic mass is 32.1. The fourth-order valence-corrected chi connectivity index (χ4v) is 1.70. The molecular weight excluding hydrogens is 244 g/mol. The Morgan fingerprint density at radius 3 is 3.00 bits per heavy atom. The molecule has 1 atom stereocenters. The highest BCUT2D eigenvalue weighted by Gasteiger charge is 2.21. The Balaban J connectivity index is 2.51. The number of carboxylic acids is 1. The summed E-state index contributed by atoms with van der Waals surface area (Å²) in [5.74, 6) is -1.12. The Kier molecular flexibility index (Phi) is 5.15. The van der Waals surface area contributed by atoms with E-state index in [1.807, 2.05) is 0 Å². The van der Waals surface area contributed by atoms with Gasteiger partial charge in [-0.1, -0.05) is 12.7 Å². The zero-order valence-corrected chi connectivity index (χ0v) is 9.77. The van der Waals surface area contributed by atoms with Crippen molar-refractivity contribution in [2.45, 2.75) is 12.5 Å². The topological polar surface area (TPSA) is 88.5 Å². The fraction of sp³-hybridized carbons (Fsp3) is 0.300. The predicted molar refractivity (Wildman–Crippen MR) is 61.9 cm³/mol. The Hall–Kier alpha value is -1.89. The van der Waals surface area contributed by atoms with Crippen LogP contribution in [0.3, 0.4) is 0 Å². The molecule has 6 nitrogen and oxygen atoms in total. The molecule has 0 saturated heterocycles. The number of aromatic nitrogens is 1. The second kappa shape index (κ2) is 6.64. The van der Waals surface area contributed by atoms with Gasteiger partial charge in [0.15, 0.2) is 0 Å². The first-order valence-electron chi connectivity index (χ1n) is 4.78. The molecule has 0 radical (unpaired) electrons. The van der Waals surface area contributed by atoms with Crippen LogP contribution in [0.15, 0.2) is 24.4 Å². The van der Waals surface area contributed by atoms with Crippen LogP contribution in [-0.2, 0) is 16.0 Å². The van der Waals surface area contributed by atoms with Crippen LogP contribution in [0.2, 0.25) is 0 Å². The van der Waals surface area contributed by atoms with Gasteiger partial charge in [-0.05, 0) is 0 Å². The van der Waals surface area contributed by atoms with Gasteiger partial charge < -0.3 is 15.2 Å². The summed E-state index contributed by atoms with van der Waals surface area (Å²) in [5.41, 5.74) is 1.60. The standard InChI is InChI=1S/C10H12N2O4S/c1-2-3-16-10(15)12-8(9(13)14)4-7-5-11-6-17-7/h2,5-6,8H,1,3-4H2,(H,12,15)(H,13,14)/t8-/m1/s1. The zero-order chi connectivity index (χ0) is 12.7. The number of aliphatic carboxylic acids is 1. The van der Waals surface area contributed by atoms with Crippen molar-refractivity contribution in [2.75, 3.05) is 6.61 Å². The number of ether oxygens (including phenoxy) is 1. The maximum absolute atomic E-state index is 11.2. The van der Waals surface area contributed by atoms with Crippen LogP contribution in [0.25, 0.3) is 0 Å². The number of thiazole rings is 1. The van der Waals surface area contributed by atoms with Crippen LogP contribution >= 0.6 is 11.3 Å². The van der Waals surface area contributed by atoms with Gasteiger partial charge in [-0.25, -0.2) is 9.59 Å². The number of carbonyl (C=O) groups is 2. The number of alkyl carbamates (subject to hydrolysis) is 1. The fourth-order valence-electron chi connectivity index (χ4n) is 1.06. The predicted octanol–water partition coefficient (Wildman–Crippen LogP) is 1.05. The molecule has 92 valence electrons. The lowest BCUT2D eigenvalue weighted by atomic mass is 10.2. The average molecular weight is 256 g/mol. The third-order valence-electron chi connectivity index (χ3n) is 1.81. The van der Waals surface area contributed by atoms with E-state index < -0.39 is 18.1 Å². The van der Waals surface area contributed by atoms with E-state index in [4.69, 9.17) is 5.11 Å². The van der Waals surface area contributed by atoms with Gasteiger partial charge in [0, 0.05) is 17.5 Å². The van der Waals surface area contributed by atoms with Gasteiger partial charge >= 0.3 is 12.1 Å². The summed E-state index contributed by atoms with van der Waals surface area (Å²) >= 11 is 1.33. The van der Waals surface area contributed by atoms with Gasteiger partial charge in [0.05, 0.1) is 5.51 Å². The van der Waals surface area contributed by atoms with Crippen molar-refractivity contribution in [3.8, 4) is 0 Å². The van der Waals surface area contributed by atoms with Gasteiger partial charge in [0.2, 0.25) is 0 Å². The van der Waals surface area contributed by atoms with Crippen LogP contribution in [0, 0.1) is 0 Å². The van der Waals surface area contributed by atoms with Crippen molar-refractivity contribution in [3.05, 3.63) is 29.2 Å². The number of hydrogen-bond donors (Lipinski definition) is 2. The number of hydrogen-bond acceptors (Lipinski definition) is 5. The van der Waals surface area contributed by atoms with E-state index in [-0.39, 0.29) is 13.0 Å². The molecule has 1 rings (SSSR count). The maximum Gasteiger partial charge on any atom is 0.408 e. The molecule has 0 aliphatic heterocycles. The Morgan fingerprint density at radius 1 is 1.71 bits per heavy atom. The number of rotatable bonds is 6. The molecule has 7 heteroatoms. The van der Waals surface area contributed by atoms with Crippen molar-refractivity contribution in [3.63, 3.8) is 0 Å². The van der Waals surface area contributed by atoms with E-state index in [1.54, 1.807) is 11.7 Å². The molecule has 1 heterocycles. The highest BCUT2D eigenvalue weighted by Crippen LogP contribution is 2.09. The summed E-state index contributed by atoms with van der Waals surface area (Å²) in [4.78, 5) is 26.7. The van der Waals surface area contributed by atoms with E-state index >= 15 is 0 Å². The molecule has 17 heavy (non-hydrogen) atoms. The minimum absolute atomic E-state index is 0.0404. The first-order valence-corrected chi connectivity index (χ1v) is 5.65. The number of carboxylic acid groups (broad SMARTS) is 1. The molecule has 1 amide bonds. The van der Waals surface area contributed by atoms with E-state index in [2.05, 4.69) is 21.6 Å². The van der Waals surface area contributed by atoms with Crippen molar-refractivity contribution in [1.29, 1.82) is 0 Å². The summed E-state index contributed by atoms with van der Waals surface area (Å²) in [6, 6.07) is -1.02. The second-order valence-corrected chi connectivity index (χ2v) is 4.07. The van der Waals surface area contributed by atoms with E-state index in [0.29, 0.717) is 0 Å². The van der Waals surface area contributed by atoms with E-state index in [0.717, 1.165) is 4.88 Å². The molecule has 0 spiro atoms. The minimum atomic E-state index is -1.12. The Morgan fingerprint density at radius 2 is 2.47 bits per heavy atom. The molecule has 0 aliphatic rings. The smallest absolute Gasteiger partial charge is 0.408 e. The first-order chi connectivity index (χ1) is 8.13. The number of amides is 1. The van der Waals surface area contributed by atoms with Crippen LogP contribution in [0.4, 0.5) is 4.79 Å². The van der Waals surface area contributed by atoms with Gasteiger partial charge in [-0.15, -0.1) is 11.3 Å². The summed E-state index contributed by atoms with van der Waals surface area (Å²) < 4.78 is 4.65. The van der Waals surface area contributed by atoms with Crippen LogP contribution in [0.1, 0.15) is 4.88 Å². The lowest BCUT2D eigenvalue weighted by Gasteiger charge is -2.12. The molecule has 0 fully saturated rings. The number of carbonyl (C=O) groups excluding carboxylic acids is 1. The van der Waals surface area contributed by atoms with Gasteiger partial charge in [-0.2, -0.15) is 0 Å². The quantitative estimate of drug-likeness (QED) is 0.743. The van der Waals surface area contributed by atoms with Crippen molar-refractivity contribution >= 4 is 23.4 Å². The van der Waals surface area contributed by atoms with Crippen molar-refractivity contribution in [2.24, 2.45) is 0 Å². The Bertz CT molecular complexity index is 391. The van der Waals surface area contributed by atoms with Gasteiger partial charge in [-0.3, -0.25) is 4.98 Å². The summed E-state index contributed by atoms with van der Waals surface area (Å²) in [5, 5.41) is 11.2. The second-order valence-electron chi connectivity index (χ2n) is 3.09. The maximum atomic E-state index is 11.2. The van der Waals surface area contributed by atoms with E-state index in [1.165, 1.54) is 17.4 Å². The third kappa shape index (κ3) is 4.64. The highest BCUT2D eigenvalue weighted by molar-refractivity contribution is 7.09. The van der Waals surface area contributed by atoms with Crippen LogP contribution in [0.5, 0.6) is 0 Å². The van der Waals surface area contributed by atoms with Gasteiger partial charge in [0.1, 0.15) is 12.6 Å². The lowest BCUT2D eigenvalue weighted by molar-refractivity contribution is -0.139. The van der Waals surface area contributed by atoms with E-state index in [9.17, 15) is 9.59 Å². The molecule has 1 aromatic rings. The minimum Gasteiger partial charge on any atom is -0.480 e. The first kappa shape index (κ1) is 13.2. The van der Waals surface area contributed by atoms with Crippen molar-refractivity contribution in [1.82, 2.24) is 10.3 Å². The molecule has 0 bridgehead atoms. The van der Waals surface area contributed by atoms with Crippen LogP contribution in [-0.4, -0.2) is 34.8 Å². The van der Waals surface area contributed by atoms with Crippen molar-refractivity contribution < 1.29 is 19.4 Å².